The molecule has 3 aromatic rings. The van der Waals surface area contributed by atoms with Gasteiger partial charge in [0.15, 0.2) is 5.11 Å². The molecule has 0 saturated carbocycles. The number of aromatic nitrogens is 2. The van der Waals surface area contributed by atoms with Crippen molar-refractivity contribution in [2.24, 2.45) is 0 Å². The summed E-state index contributed by atoms with van der Waals surface area (Å²) < 4.78 is 1.63. The van der Waals surface area contributed by atoms with Crippen LogP contribution in [-0.4, -0.2) is 25.9 Å². The summed E-state index contributed by atoms with van der Waals surface area (Å²) in [6.45, 7) is 3.21. The van der Waals surface area contributed by atoms with Gasteiger partial charge in [0.2, 0.25) is 0 Å². The van der Waals surface area contributed by atoms with Crippen LogP contribution in [0.2, 0.25) is 0 Å². The summed E-state index contributed by atoms with van der Waals surface area (Å²) in [5.41, 5.74) is 4.30. The van der Waals surface area contributed by atoms with Crippen LogP contribution in [0.1, 0.15) is 16.8 Å². The highest BCUT2D eigenvalue weighted by Crippen LogP contribution is 2.18. The Morgan fingerprint density at radius 1 is 1.20 bits per heavy atom. The van der Waals surface area contributed by atoms with Crippen LogP contribution >= 0.6 is 12.2 Å². The molecule has 126 valence electrons. The van der Waals surface area contributed by atoms with Crippen LogP contribution < -0.4 is 10.9 Å². The van der Waals surface area contributed by atoms with Crippen molar-refractivity contribution in [2.45, 2.75) is 19.9 Å². The van der Waals surface area contributed by atoms with E-state index in [9.17, 15) is 4.79 Å². The second kappa shape index (κ2) is 6.29. The van der Waals surface area contributed by atoms with Gasteiger partial charge in [0.05, 0.1) is 17.8 Å². The van der Waals surface area contributed by atoms with E-state index in [1.165, 1.54) is 0 Å². The molecule has 0 spiro atoms. The third-order valence-electron chi connectivity index (χ3n) is 4.51. The van der Waals surface area contributed by atoms with Gasteiger partial charge in [-0.15, -0.1) is 0 Å². The van der Waals surface area contributed by atoms with E-state index in [-0.39, 0.29) is 5.56 Å². The summed E-state index contributed by atoms with van der Waals surface area (Å²) in [4.78, 5) is 19.6. The number of hydrogen-bond acceptors (Lipinski definition) is 3. The third kappa shape index (κ3) is 2.89. The first-order valence-electron chi connectivity index (χ1n) is 8.24. The largest absolute Gasteiger partial charge is 0.344 e. The van der Waals surface area contributed by atoms with Gasteiger partial charge in [0.25, 0.3) is 5.56 Å². The highest BCUT2D eigenvalue weighted by atomic mass is 32.1. The minimum Gasteiger partial charge on any atom is -0.344 e. The molecule has 0 unspecified atom stereocenters. The molecule has 0 aliphatic carbocycles. The van der Waals surface area contributed by atoms with Crippen LogP contribution in [-0.2, 0) is 13.0 Å². The fraction of sp³-hybridized carbons (Fsp3) is 0.211. The van der Waals surface area contributed by atoms with Crippen LogP contribution in [0.15, 0.2) is 53.5 Å². The Bertz CT molecular complexity index is 1010. The molecule has 3 heterocycles. The molecule has 0 radical (unpaired) electrons. The van der Waals surface area contributed by atoms with Gasteiger partial charge in [-0.25, -0.2) is 4.98 Å². The fourth-order valence-electron chi connectivity index (χ4n) is 3.15. The minimum absolute atomic E-state index is 0.00379. The molecule has 5 nitrogen and oxygen atoms in total. The number of para-hydroxylation sites is 1. The van der Waals surface area contributed by atoms with Crippen LogP contribution in [0.3, 0.4) is 0 Å². The lowest BCUT2D eigenvalue weighted by atomic mass is 10.1. The predicted octanol–water partition coefficient (Wildman–Crippen LogP) is 2.76. The van der Waals surface area contributed by atoms with Gasteiger partial charge >= 0.3 is 0 Å². The van der Waals surface area contributed by atoms with Crippen molar-refractivity contribution in [1.82, 2.24) is 14.3 Å². The van der Waals surface area contributed by atoms with Gasteiger partial charge in [-0.3, -0.25) is 9.20 Å². The molecular weight excluding hydrogens is 332 g/mol. The molecular formula is C19H18N4OS. The molecule has 0 saturated heterocycles. The average Bonchev–Trinajstić information content (AvgIpc) is 2.63. The zero-order chi connectivity index (χ0) is 17.4. The lowest BCUT2D eigenvalue weighted by molar-refractivity contribution is 0.392. The molecule has 0 amide bonds. The first kappa shape index (κ1) is 15.8. The predicted molar refractivity (Wildman–Crippen MR) is 103 cm³/mol. The molecule has 1 aliphatic heterocycles. The van der Waals surface area contributed by atoms with E-state index in [1.807, 2.05) is 54.3 Å². The van der Waals surface area contributed by atoms with Crippen molar-refractivity contribution in [3.8, 4) is 0 Å². The molecule has 0 fully saturated rings. The standard InChI is InChI=1S/C19H18N4OS/c1-13-6-5-10-23-17(13)21-16-9-11-22(12-15(16)18(23)24)19(25)20-14-7-3-2-4-8-14/h2-8,10H,9,11-12H2,1H3,(H,20,25). The second-order valence-electron chi connectivity index (χ2n) is 6.19. The molecule has 1 aromatic carbocycles. The highest BCUT2D eigenvalue weighted by Gasteiger charge is 2.23. The molecule has 1 N–H and O–H groups in total. The molecule has 1 aliphatic rings. The summed E-state index contributed by atoms with van der Waals surface area (Å²) >= 11 is 5.53. The van der Waals surface area contributed by atoms with Crippen molar-refractivity contribution in [2.75, 3.05) is 11.9 Å². The van der Waals surface area contributed by atoms with Gasteiger partial charge in [0.1, 0.15) is 5.65 Å². The van der Waals surface area contributed by atoms with E-state index in [0.29, 0.717) is 18.1 Å². The monoisotopic (exact) mass is 350 g/mol. The van der Waals surface area contributed by atoms with E-state index in [2.05, 4.69) is 5.32 Å². The van der Waals surface area contributed by atoms with E-state index >= 15 is 0 Å². The number of rotatable bonds is 1. The van der Waals surface area contributed by atoms with Crippen LogP contribution in [0.4, 0.5) is 5.69 Å². The highest BCUT2D eigenvalue weighted by molar-refractivity contribution is 7.80. The van der Waals surface area contributed by atoms with Crippen molar-refractivity contribution < 1.29 is 0 Å². The summed E-state index contributed by atoms with van der Waals surface area (Å²) in [5, 5.41) is 3.87. The number of hydrogen-bond donors (Lipinski definition) is 1. The second-order valence-corrected chi connectivity index (χ2v) is 6.58. The first-order valence-corrected chi connectivity index (χ1v) is 8.65. The van der Waals surface area contributed by atoms with E-state index in [1.54, 1.807) is 10.6 Å². The lowest BCUT2D eigenvalue weighted by Crippen LogP contribution is -2.42. The quantitative estimate of drug-likeness (QED) is 0.684. The fourth-order valence-corrected chi connectivity index (χ4v) is 3.43. The van der Waals surface area contributed by atoms with E-state index in [0.717, 1.165) is 34.7 Å². The number of anilines is 1. The number of fused-ring (bicyclic) bond motifs is 2. The van der Waals surface area contributed by atoms with Crippen LogP contribution in [0.5, 0.6) is 0 Å². The van der Waals surface area contributed by atoms with E-state index < -0.39 is 0 Å². The normalized spacial score (nSPS) is 13.6. The van der Waals surface area contributed by atoms with Crippen LogP contribution in [0, 0.1) is 6.92 Å². The minimum atomic E-state index is -0.00379. The topological polar surface area (TPSA) is 49.6 Å². The smallest absolute Gasteiger partial charge is 0.263 e. The molecule has 2 aromatic heterocycles. The molecule has 0 bridgehead atoms. The Labute approximate surface area is 150 Å². The zero-order valence-electron chi connectivity index (χ0n) is 13.9. The number of benzene rings is 1. The summed E-state index contributed by atoms with van der Waals surface area (Å²) in [5.74, 6) is 0. The Morgan fingerprint density at radius 3 is 2.80 bits per heavy atom. The number of nitrogens with one attached hydrogen (secondary N) is 1. The maximum absolute atomic E-state index is 12.9. The van der Waals surface area contributed by atoms with Crippen molar-refractivity contribution in [3.05, 3.63) is 75.8 Å². The van der Waals surface area contributed by atoms with Crippen LogP contribution in [0.25, 0.3) is 5.65 Å². The van der Waals surface area contributed by atoms with Crippen molar-refractivity contribution in [1.29, 1.82) is 0 Å². The number of pyridine rings is 1. The maximum Gasteiger partial charge on any atom is 0.263 e. The Kier molecular flexibility index (Phi) is 3.97. The first-order chi connectivity index (χ1) is 12.1. The Hall–Kier alpha value is -2.73. The SMILES string of the molecule is Cc1cccn2c(=O)c3c(nc12)CCN(C(=S)Nc1ccccc1)C3. The molecule has 6 heteroatoms. The van der Waals surface area contributed by atoms with Crippen molar-refractivity contribution in [3.63, 3.8) is 0 Å². The lowest BCUT2D eigenvalue weighted by Gasteiger charge is -2.30. The Balaban J connectivity index is 1.65. The maximum atomic E-state index is 12.9. The third-order valence-corrected chi connectivity index (χ3v) is 4.87. The molecule has 0 atom stereocenters. The average molecular weight is 350 g/mol. The number of aryl methyl sites for hydroxylation is 1. The summed E-state index contributed by atoms with van der Waals surface area (Å²) in [7, 11) is 0. The molecule has 25 heavy (non-hydrogen) atoms. The summed E-state index contributed by atoms with van der Waals surface area (Å²) in [6, 6.07) is 13.7. The zero-order valence-corrected chi connectivity index (χ0v) is 14.7. The molecule has 4 rings (SSSR count). The number of nitrogens with zero attached hydrogens (tertiary/aromatic N) is 3. The van der Waals surface area contributed by atoms with Gasteiger partial charge in [-0.2, -0.15) is 0 Å². The Morgan fingerprint density at radius 2 is 2.00 bits per heavy atom. The van der Waals surface area contributed by atoms with Gasteiger partial charge < -0.3 is 10.2 Å². The number of thiocarbonyl (C=S) groups is 1. The van der Waals surface area contributed by atoms with Gasteiger partial charge in [0, 0.05) is 24.8 Å². The van der Waals surface area contributed by atoms with E-state index in [4.69, 9.17) is 17.2 Å². The van der Waals surface area contributed by atoms with Gasteiger partial charge in [-0.05, 0) is 42.9 Å². The summed E-state index contributed by atoms with van der Waals surface area (Å²) in [6.07, 6.45) is 2.49. The van der Waals surface area contributed by atoms with Gasteiger partial charge in [-0.1, -0.05) is 24.3 Å². The van der Waals surface area contributed by atoms with Crippen molar-refractivity contribution >= 4 is 28.7 Å².